The number of hydrogen-bond donors (Lipinski definition) is 2. The van der Waals surface area contributed by atoms with E-state index in [9.17, 15) is 22.0 Å². The van der Waals surface area contributed by atoms with Gasteiger partial charge in [0.1, 0.15) is 5.75 Å². The van der Waals surface area contributed by atoms with Gasteiger partial charge in [0, 0.05) is 0 Å². The second-order valence-corrected chi connectivity index (χ2v) is 6.38. The largest absolute Gasteiger partial charge is 0.499 e. The molecule has 1 atom stereocenters. The molecular weight excluding hydrogens is 381 g/mol. The molecule has 0 saturated carbocycles. The summed E-state index contributed by atoms with van der Waals surface area (Å²) in [6.45, 7) is 4.70. The van der Waals surface area contributed by atoms with Gasteiger partial charge < -0.3 is 10.1 Å². The number of nitrogens with one attached hydrogen (secondary N) is 2. The van der Waals surface area contributed by atoms with Crippen molar-refractivity contribution in [1.82, 2.24) is 5.32 Å². The number of ether oxygens (including phenoxy) is 1. The summed E-state index contributed by atoms with van der Waals surface area (Å²) < 4.78 is 66.0. The Labute approximate surface area is 160 Å². The fraction of sp³-hybridized carbons (Fsp3) is 0.421. The van der Waals surface area contributed by atoms with Gasteiger partial charge >= 0.3 is 12.3 Å². The molecule has 1 aromatic rings. The van der Waals surface area contributed by atoms with E-state index >= 15 is 0 Å². The van der Waals surface area contributed by atoms with Gasteiger partial charge in [0.2, 0.25) is 0 Å². The zero-order valence-corrected chi connectivity index (χ0v) is 15.3. The van der Waals surface area contributed by atoms with Crippen molar-refractivity contribution in [3.63, 3.8) is 0 Å². The van der Waals surface area contributed by atoms with E-state index in [4.69, 9.17) is 0 Å². The van der Waals surface area contributed by atoms with E-state index in [2.05, 4.69) is 33.2 Å². The Balaban J connectivity index is 2.00. The number of allylic oxidation sites excluding steroid dienone is 3. The van der Waals surface area contributed by atoms with Crippen molar-refractivity contribution in [3.05, 3.63) is 48.6 Å². The normalized spacial score (nSPS) is 18.4. The van der Waals surface area contributed by atoms with Crippen LogP contribution in [-0.2, 0) is 0 Å². The van der Waals surface area contributed by atoms with Gasteiger partial charge in [-0.25, -0.2) is 0 Å². The van der Waals surface area contributed by atoms with Gasteiger partial charge in [0.15, 0.2) is 0 Å². The molecule has 0 bridgehead atoms. The fourth-order valence-electron chi connectivity index (χ4n) is 2.77. The second kappa shape index (κ2) is 9.18. The summed E-state index contributed by atoms with van der Waals surface area (Å²) >= 11 is 0. The van der Waals surface area contributed by atoms with Crippen LogP contribution in [0.25, 0.3) is 0 Å². The van der Waals surface area contributed by atoms with Gasteiger partial charge in [-0.15, -0.1) is 0 Å². The molecule has 2 N–H and O–H groups in total. The Bertz CT molecular complexity index is 726. The van der Waals surface area contributed by atoms with Crippen LogP contribution in [0.4, 0.5) is 27.6 Å². The highest BCUT2D eigenvalue weighted by molar-refractivity contribution is 6.08. The van der Waals surface area contributed by atoms with E-state index in [1.54, 1.807) is 6.08 Å². The molecule has 1 aromatic carbocycles. The molecule has 154 valence electrons. The third-order valence-corrected chi connectivity index (χ3v) is 4.27. The van der Waals surface area contributed by atoms with Crippen molar-refractivity contribution in [1.29, 1.82) is 0 Å². The first-order valence-corrected chi connectivity index (χ1v) is 8.70. The first-order valence-electron chi connectivity index (χ1n) is 8.70. The molecule has 1 unspecified atom stereocenters. The molecule has 0 radical (unpaired) electrons. The molecule has 0 heterocycles. The maximum atomic E-state index is 12.9. The van der Waals surface area contributed by atoms with Crippen LogP contribution in [0.3, 0.4) is 0 Å². The van der Waals surface area contributed by atoms with Crippen LogP contribution in [0.1, 0.15) is 19.3 Å². The summed E-state index contributed by atoms with van der Waals surface area (Å²) in [6, 6.07) is 4.61. The lowest BCUT2D eigenvalue weighted by molar-refractivity contribution is -0.360. The van der Waals surface area contributed by atoms with Crippen molar-refractivity contribution in [2.24, 2.45) is 11.0 Å². The van der Waals surface area contributed by atoms with Crippen LogP contribution in [0, 0.1) is 5.92 Å². The van der Waals surface area contributed by atoms with Crippen LogP contribution in [0.15, 0.2) is 53.7 Å². The Kier molecular flexibility index (Phi) is 7.17. The lowest BCUT2D eigenvalue weighted by Gasteiger charge is -2.21. The van der Waals surface area contributed by atoms with Crippen LogP contribution in [-0.4, -0.2) is 31.6 Å². The highest BCUT2D eigenvalue weighted by Crippen LogP contribution is 2.37. The van der Waals surface area contributed by atoms with Gasteiger partial charge in [0.05, 0.1) is 11.4 Å². The molecule has 1 aliphatic rings. The Morgan fingerprint density at radius 3 is 2.43 bits per heavy atom. The van der Waals surface area contributed by atoms with Crippen molar-refractivity contribution in [3.8, 4) is 5.75 Å². The minimum atomic E-state index is -5.78. The minimum Gasteiger partial charge on any atom is -0.426 e. The average Bonchev–Trinajstić information content (AvgIpc) is 2.64. The zero-order valence-electron chi connectivity index (χ0n) is 15.3. The predicted octanol–water partition coefficient (Wildman–Crippen LogP) is 5.12. The van der Waals surface area contributed by atoms with Crippen molar-refractivity contribution >= 4 is 11.4 Å². The third kappa shape index (κ3) is 5.79. The molecule has 0 aliphatic heterocycles. The summed E-state index contributed by atoms with van der Waals surface area (Å²) in [6.07, 6.45) is -4.50. The number of alkyl halides is 5. The van der Waals surface area contributed by atoms with E-state index in [0.29, 0.717) is 17.3 Å². The molecule has 0 amide bonds. The quantitative estimate of drug-likeness (QED) is 0.360. The molecule has 0 fully saturated rings. The van der Waals surface area contributed by atoms with Crippen molar-refractivity contribution in [2.75, 3.05) is 19.0 Å². The Hall–Kier alpha value is -2.42. The molecular formula is C19H22F5N3O. The molecule has 2 rings (SSSR count). The molecule has 4 nitrogen and oxygen atoms in total. The monoisotopic (exact) mass is 403 g/mol. The van der Waals surface area contributed by atoms with E-state index in [0.717, 1.165) is 43.5 Å². The second-order valence-electron chi connectivity index (χ2n) is 6.38. The lowest BCUT2D eigenvalue weighted by atomic mass is 9.87. The Morgan fingerprint density at radius 2 is 1.93 bits per heavy atom. The number of rotatable bonds is 8. The van der Waals surface area contributed by atoms with Gasteiger partial charge in [-0.3, -0.25) is 5.43 Å². The van der Waals surface area contributed by atoms with Crippen molar-refractivity contribution < 1.29 is 26.7 Å². The molecule has 0 aromatic heterocycles. The molecule has 0 spiro atoms. The summed E-state index contributed by atoms with van der Waals surface area (Å²) in [5.41, 5.74) is 4.87. The SMILES string of the molecule is C=C/C(=N\Nc1ccc(OC(F)(F)C(F)(F)F)cc1)C1=CCC(CNC)CC1. The van der Waals surface area contributed by atoms with Crippen LogP contribution >= 0.6 is 0 Å². The smallest absolute Gasteiger partial charge is 0.426 e. The number of halogens is 5. The summed E-state index contributed by atoms with van der Waals surface area (Å²) in [7, 11) is 1.92. The van der Waals surface area contributed by atoms with E-state index in [-0.39, 0.29) is 0 Å². The minimum absolute atomic E-state index is 0.409. The van der Waals surface area contributed by atoms with Crippen LogP contribution in [0.2, 0.25) is 0 Å². The standard InChI is InChI=1S/C19H22F5N3O/c1-3-17(14-6-4-13(5-7-14)12-25-2)27-26-15-8-10-16(11-9-15)28-19(23,24)18(20,21)22/h3,6,8-11,13,25-26H,1,4-5,7,12H2,2H3/b27-17+. The first kappa shape index (κ1) is 21.9. The average molecular weight is 403 g/mol. The number of hydrogen-bond acceptors (Lipinski definition) is 4. The highest BCUT2D eigenvalue weighted by atomic mass is 19.4. The maximum Gasteiger partial charge on any atom is 0.499 e. The van der Waals surface area contributed by atoms with Gasteiger partial charge in [-0.1, -0.05) is 12.7 Å². The number of nitrogens with zero attached hydrogens (tertiary/aromatic N) is 1. The third-order valence-electron chi connectivity index (χ3n) is 4.27. The number of anilines is 1. The topological polar surface area (TPSA) is 45.7 Å². The summed E-state index contributed by atoms with van der Waals surface area (Å²) in [5, 5.41) is 7.40. The number of benzene rings is 1. The predicted molar refractivity (Wildman–Crippen MR) is 98.7 cm³/mol. The first-order chi connectivity index (χ1) is 13.2. The molecule has 28 heavy (non-hydrogen) atoms. The molecule has 0 saturated heterocycles. The van der Waals surface area contributed by atoms with Crippen molar-refractivity contribution in [2.45, 2.75) is 31.5 Å². The Morgan fingerprint density at radius 1 is 1.25 bits per heavy atom. The number of hydrazone groups is 1. The van der Waals surface area contributed by atoms with Gasteiger partial charge in [-0.05, 0) is 74.7 Å². The maximum absolute atomic E-state index is 12.9. The van der Waals surface area contributed by atoms with E-state index < -0.39 is 18.0 Å². The van der Waals surface area contributed by atoms with E-state index in [1.807, 2.05) is 7.05 Å². The molecule has 9 heteroatoms. The fourth-order valence-corrected chi connectivity index (χ4v) is 2.77. The van der Waals surface area contributed by atoms with E-state index in [1.165, 1.54) is 12.1 Å². The molecule has 1 aliphatic carbocycles. The van der Waals surface area contributed by atoms with Gasteiger partial charge in [0.25, 0.3) is 0 Å². The summed E-state index contributed by atoms with van der Waals surface area (Å²) in [4.78, 5) is 0. The zero-order chi connectivity index (χ0) is 20.8. The summed E-state index contributed by atoms with van der Waals surface area (Å²) in [5.74, 6) is -0.0264. The van der Waals surface area contributed by atoms with Crippen LogP contribution < -0.4 is 15.5 Å². The van der Waals surface area contributed by atoms with Gasteiger partial charge in [-0.2, -0.15) is 27.1 Å². The van der Waals surface area contributed by atoms with Crippen LogP contribution in [0.5, 0.6) is 5.75 Å². The lowest BCUT2D eigenvalue weighted by Crippen LogP contribution is -2.41. The highest BCUT2D eigenvalue weighted by Gasteiger charge is 2.61.